The highest BCUT2D eigenvalue weighted by Gasteiger charge is 2.37. The van der Waals surface area contributed by atoms with Crippen molar-refractivity contribution in [1.82, 2.24) is 20.4 Å². The monoisotopic (exact) mass is 276 g/mol. The quantitative estimate of drug-likeness (QED) is 0.869. The lowest BCUT2D eigenvalue weighted by Crippen LogP contribution is -2.44. The number of aromatic nitrogens is 2. The van der Waals surface area contributed by atoms with Crippen LogP contribution in [-0.4, -0.2) is 34.3 Å². The van der Waals surface area contributed by atoms with Gasteiger partial charge < -0.3 is 10.6 Å². The fraction of sp³-hybridized carbons (Fsp3) is 0.733. The van der Waals surface area contributed by atoms with E-state index in [1.807, 2.05) is 24.0 Å². The Morgan fingerprint density at radius 3 is 3.10 bits per heavy atom. The van der Waals surface area contributed by atoms with E-state index in [1.54, 1.807) is 0 Å². The number of rotatable bonds is 4. The highest BCUT2D eigenvalue weighted by atomic mass is 16.2. The van der Waals surface area contributed by atoms with E-state index in [0.717, 1.165) is 18.5 Å². The van der Waals surface area contributed by atoms with Crippen molar-refractivity contribution in [2.24, 2.45) is 5.92 Å². The van der Waals surface area contributed by atoms with Gasteiger partial charge in [-0.05, 0) is 37.7 Å². The van der Waals surface area contributed by atoms with Crippen LogP contribution in [-0.2, 0) is 11.3 Å². The summed E-state index contributed by atoms with van der Waals surface area (Å²) >= 11 is 0. The maximum absolute atomic E-state index is 12.2. The Morgan fingerprint density at radius 1 is 1.50 bits per heavy atom. The molecule has 1 amide bonds. The first-order valence-electron chi connectivity index (χ1n) is 7.75. The summed E-state index contributed by atoms with van der Waals surface area (Å²) in [6.45, 7) is 3.40. The number of hydrogen-bond acceptors (Lipinski definition) is 3. The summed E-state index contributed by atoms with van der Waals surface area (Å²) in [7, 11) is 0. The number of hydrogen-bond donors (Lipinski definition) is 2. The topological polar surface area (TPSA) is 59.0 Å². The predicted molar refractivity (Wildman–Crippen MR) is 77.3 cm³/mol. The van der Waals surface area contributed by atoms with Crippen LogP contribution in [0.4, 0.5) is 0 Å². The number of fused-ring (bicyclic) bond motifs is 1. The first-order valence-corrected chi connectivity index (χ1v) is 7.75. The highest BCUT2D eigenvalue weighted by molar-refractivity contribution is 5.82. The molecule has 3 unspecified atom stereocenters. The van der Waals surface area contributed by atoms with Gasteiger partial charge in [0, 0.05) is 18.8 Å². The maximum atomic E-state index is 12.2. The Morgan fingerprint density at radius 2 is 2.35 bits per heavy atom. The molecule has 2 N–H and O–H groups in total. The Balaban J connectivity index is 1.43. The Labute approximate surface area is 120 Å². The van der Waals surface area contributed by atoms with E-state index in [9.17, 15) is 4.79 Å². The summed E-state index contributed by atoms with van der Waals surface area (Å²) in [6.07, 6.45) is 10.0. The smallest absolute Gasteiger partial charge is 0.237 e. The first kappa shape index (κ1) is 13.6. The van der Waals surface area contributed by atoms with Gasteiger partial charge in [0.25, 0.3) is 0 Å². The van der Waals surface area contributed by atoms with Crippen LogP contribution < -0.4 is 10.6 Å². The molecule has 20 heavy (non-hydrogen) atoms. The predicted octanol–water partition coefficient (Wildman–Crippen LogP) is 1.23. The van der Waals surface area contributed by atoms with E-state index in [2.05, 4.69) is 15.7 Å². The van der Waals surface area contributed by atoms with Gasteiger partial charge in [-0.15, -0.1) is 0 Å². The van der Waals surface area contributed by atoms with E-state index < -0.39 is 0 Å². The molecular weight excluding hydrogens is 252 g/mol. The minimum Gasteiger partial charge on any atom is -0.353 e. The number of amides is 1. The second-order valence-electron chi connectivity index (χ2n) is 6.18. The van der Waals surface area contributed by atoms with Crippen LogP contribution >= 0.6 is 0 Å². The molecule has 1 saturated carbocycles. The molecule has 2 fully saturated rings. The molecule has 2 heterocycles. The minimum absolute atomic E-state index is 0.0162. The average molecular weight is 276 g/mol. The van der Waals surface area contributed by atoms with Crippen LogP contribution in [0.15, 0.2) is 12.4 Å². The van der Waals surface area contributed by atoms with Crippen LogP contribution in [0.2, 0.25) is 0 Å². The van der Waals surface area contributed by atoms with Crippen molar-refractivity contribution in [3.05, 3.63) is 18.0 Å². The Kier molecular flexibility index (Phi) is 4.05. The molecule has 0 spiro atoms. The van der Waals surface area contributed by atoms with E-state index in [0.29, 0.717) is 18.5 Å². The molecule has 0 bridgehead atoms. The van der Waals surface area contributed by atoms with Crippen molar-refractivity contribution in [1.29, 1.82) is 0 Å². The van der Waals surface area contributed by atoms with Gasteiger partial charge in [0.15, 0.2) is 0 Å². The van der Waals surface area contributed by atoms with E-state index >= 15 is 0 Å². The molecule has 1 aliphatic heterocycles. The van der Waals surface area contributed by atoms with Crippen molar-refractivity contribution < 1.29 is 4.79 Å². The standard InChI is InChI=1S/C15H24N4O/c1-11-9-17-19(10-11)7-6-16-15(20)14-8-12-4-2-3-5-13(12)18-14/h9-10,12-14,18H,2-8H2,1H3,(H,16,20). The molecule has 1 aromatic heterocycles. The van der Waals surface area contributed by atoms with Crippen LogP contribution in [0.5, 0.6) is 0 Å². The lowest BCUT2D eigenvalue weighted by atomic mass is 9.85. The molecule has 2 aliphatic rings. The summed E-state index contributed by atoms with van der Waals surface area (Å²) in [5, 5.41) is 10.8. The number of aryl methyl sites for hydroxylation is 1. The van der Waals surface area contributed by atoms with Crippen LogP contribution in [0.1, 0.15) is 37.7 Å². The van der Waals surface area contributed by atoms with Crippen LogP contribution in [0, 0.1) is 12.8 Å². The summed E-state index contributed by atoms with van der Waals surface area (Å²) in [4.78, 5) is 12.2. The van der Waals surface area contributed by atoms with Crippen molar-refractivity contribution in [3.63, 3.8) is 0 Å². The summed E-state index contributed by atoms with van der Waals surface area (Å²) in [6, 6.07) is 0.593. The molecular formula is C15H24N4O. The van der Waals surface area contributed by atoms with Crippen molar-refractivity contribution in [2.45, 2.75) is 57.7 Å². The Hall–Kier alpha value is -1.36. The van der Waals surface area contributed by atoms with Crippen molar-refractivity contribution in [3.8, 4) is 0 Å². The second-order valence-corrected chi connectivity index (χ2v) is 6.18. The molecule has 5 heteroatoms. The molecule has 5 nitrogen and oxygen atoms in total. The van der Waals surface area contributed by atoms with Gasteiger partial charge >= 0.3 is 0 Å². The normalized spacial score (nSPS) is 29.1. The third-order valence-electron chi connectivity index (χ3n) is 4.58. The molecule has 0 radical (unpaired) electrons. The number of carbonyl (C=O) groups is 1. The van der Waals surface area contributed by atoms with Gasteiger partial charge in [-0.3, -0.25) is 9.48 Å². The zero-order valence-corrected chi connectivity index (χ0v) is 12.1. The summed E-state index contributed by atoms with van der Waals surface area (Å²) in [5.41, 5.74) is 1.15. The molecule has 1 saturated heterocycles. The van der Waals surface area contributed by atoms with Gasteiger partial charge in [0.1, 0.15) is 0 Å². The second kappa shape index (κ2) is 5.95. The number of nitrogens with one attached hydrogen (secondary N) is 2. The van der Waals surface area contributed by atoms with Crippen molar-refractivity contribution in [2.75, 3.05) is 6.54 Å². The van der Waals surface area contributed by atoms with Crippen LogP contribution in [0.3, 0.4) is 0 Å². The van der Waals surface area contributed by atoms with E-state index in [4.69, 9.17) is 0 Å². The van der Waals surface area contributed by atoms with Gasteiger partial charge in [0.2, 0.25) is 5.91 Å². The highest BCUT2D eigenvalue weighted by Crippen LogP contribution is 2.33. The van der Waals surface area contributed by atoms with E-state index in [-0.39, 0.29) is 11.9 Å². The van der Waals surface area contributed by atoms with Gasteiger partial charge in [-0.2, -0.15) is 5.10 Å². The summed E-state index contributed by atoms with van der Waals surface area (Å²) < 4.78 is 1.87. The molecule has 3 rings (SSSR count). The fourth-order valence-corrected chi connectivity index (χ4v) is 3.53. The van der Waals surface area contributed by atoms with Crippen LogP contribution in [0.25, 0.3) is 0 Å². The van der Waals surface area contributed by atoms with Gasteiger partial charge in [-0.25, -0.2) is 0 Å². The Bertz CT molecular complexity index is 456. The SMILES string of the molecule is Cc1cnn(CCNC(=O)C2CC3CCCCC3N2)c1. The third-order valence-corrected chi connectivity index (χ3v) is 4.58. The van der Waals surface area contributed by atoms with Gasteiger partial charge in [0.05, 0.1) is 18.8 Å². The average Bonchev–Trinajstić information content (AvgIpc) is 3.04. The zero-order valence-electron chi connectivity index (χ0n) is 12.1. The lowest BCUT2D eigenvalue weighted by molar-refractivity contribution is -0.122. The number of carbonyl (C=O) groups excluding carboxylic acids is 1. The zero-order chi connectivity index (χ0) is 13.9. The third kappa shape index (κ3) is 3.03. The minimum atomic E-state index is 0.0162. The first-order chi connectivity index (χ1) is 9.72. The molecule has 1 aromatic rings. The lowest BCUT2D eigenvalue weighted by Gasteiger charge is -2.24. The fourth-order valence-electron chi connectivity index (χ4n) is 3.53. The molecule has 3 atom stereocenters. The molecule has 1 aliphatic carbocycles. The van der Waals surface area contributed by atoms with Gasteiger partial charge in [-0.1, -0.05) is 12.8 Å². The largest absolute Gasteiger partial charge is 0.353 e. The molecule has 110 valence electrons. The maximum Gasteiger partial charge on any atom is 0.237 e. The van der Waals surface area contributed by atoms with E-state index in [1.165, 1.54) is 25.7 Å². The van der Waals surface area contributed by atoms with Crippen molar-refractivity contribution >= 4 is 5.91 Å². The molecule has 0 aromatic carbocycles. The summed E-state index contributed by atoms with van der Waals surface area (Å²) in [5.74, 6) is 0.872. The number of nitrogens with zero attached hydrogens (tertiary/aromatic N) is 2.